The van der Waals surface area contributed by atoms with E-state index in [4.69, 9.17) is 28.3 Å². The van der Waals surface area contributed by atoms with E-state index in [2.05, 4.69) is 0 Å². The van der Waals surface area contributed by atoms with Crippen LogP contribution in [0.2, 0.25) is 0 Å². The summed E-state index contributed by atoms with van der Waals surface area (Å²) in [5, 5.41) is 7.88. The van der Waals surface area contributed by atoms with Crippen molar-refractivity contribution in [1.82, 2.24) is 0 Å². The number of aliphatic hydroxyl groups is 1. The maximum absolute atomic E-state index is 7.88. The molecule has 6 heavy (non-hydrogen) atoms. The molecule has 37 valence electrons. The Hall–Kier alpha value is 1.12. The number of aliphatic hydroxyl groups excluding tert-OH is 1. The molecule has 4 heteroatoms. The molecule has 0 heterocycles. The average Bonchev–Trinajstić information content (AvgIpc) is 1.38. The summed E-state index contributed by atoms with van der Waals surface area (Å²) in [6.07, 6.45) is 0. The van der Waals surface area contributed by atoms with Gasteiger partial charge in [-0.1, -0.05) is 0 Å². The van der Waals surface area contributed by atoms with Crippen LogP contribution in [0.3, 0.4) is 0 Å². The first-order valence-corrected chi connectivity index (χ1v) is 2.03. The summed E-state index contributed by atoms with van der Waals surface area (Å²) in [6.45, 7) is -0.164. The van der Waals surface area contributed by atoms with Crippen molar-refractivity contribution >= 4 is 23.2 Å². The molecule has 0 rings (SSSR count). The Morgan fingerprint density at radius 3 is 1.67 bits per heavy atom. The Bertz CT molecular complexity index is 25.5. The van der Waals surface area contributed by atoms with Crippen molar-refractivity contribution in [3.8, 4) is 0 Å². The van der Waals surface area contributed by atoms with Gasteiger partial charge >= 0.3 is 0 Å². The van der Waals surface area contributed by atoms with Gasteiger partial charge in [0, 0.05) is 18.6 Å². The van der Waals surface area contributed by atoms with Gasteiger partial charge in [-0.05, 0) is 0 Å². The first kappa shape index (κ1) is 10.2. The van der Waals surface area contributed by atoms with E-state index in [1.54, 1.807) is 0 Å². The van der Waals surface area contributed by atoms with Crippen molar-refractivity contribution in [3.63, 3.8) is 0 Å². The molecule has 0 aliphatic carbocycles. The van der Waals surface area contributed by atoms with Gasteiger partial charge in [0.05, 0.1) is 6.61 Å². The molecule has 1 nitrogen and oxygen atoms in total. The predicted octanol–water partition coefficient (Wildman–Crippen LogP) is 0.780. The van der Waals surface area contributed by atoms with Gasteiger partial charge < -0.3 is 5.11 Å². The molecule has 0 spiro atoms. The van der Waals surface area contributed by atoms with Crippen LogP contribution in [-0.4, -0.2) is 16.5 Å². The Labute approximate surface area is 58.5 Å². The topological polar surface area (TPSA) is 20.2 Å². The molecule has 0 amide bonds. The summed E-state index contributed by atoms with van der Waals surface area (Å²) in [5.74, 6) is 0. The third-order valence-corrected chi connectivity index (χ3v) is 0.414. The fraction of sp³-hybridized carbons (Fsp3) is 1.00. The molecule has 0 fully saturated rings. The van der Waals surface area contributed by atoms with Gasteiger partial charge in [0.2, 0.25) is 0 Å². The van der Waals surface area contributed by atoms with Gasteiger partial charge in [-0.2, -0.15) is 0 Å². The van der Waals surface area contributed by atoms with E-state index in [0.717, 1.165) is 0 Å². The number of rotatable bonds is 1. The van der Waals surface area contributed by atoms with Gasteiger partial charge in [-0.3, -0.25) is 0 Å². The molecule has 0 unspecified atom stereocenters. The van der Waals surface area contributed by atoms with Gasteiger partial charge in [0.1, 0.15) is 4.84 Å². The molecule has 0 aromatic carbocycles. The maximum Gasteiger partial charge on any atom is 0.130 e. The minimum atomic E-state index is -0.616. The van der Waals surface area contributed by atoms with E-state index < -0.39 is 4.84 Å². The Morgan fingerprint density at radius 1 is 1.50 bits per heavy atom. The third-order valence-electron chi connectivity index (χ3n) is 0.138. The zero-order valence-electron chi connectivity index (χ0n) is 2.93. The molecule has 0 atom stereocenters. The van der Waals surface area contributed by atoms with Crippen molar-refractivity contribution < 1.29 is 23.7 Å². The standard InChI is InChI=1S/C2H4Cl2O.V/c3-2(4)1-5;/h2,5H,1H2;. The van der Waals surface area contributed by atoms with Crippen molar-refractivity contribution in [2.75, 3.05) is 6.61 Å². The molecule has 0 aliphatic heterocycles. The normalized spacial score (nSPS) is 8.00. The third kappa shape index (κ3) is 8.93. The van der Waals surface area contributed by atoms with Crippen LogP contribution in [0.25, 0.3) is 0 Å². The van der Waals surface area contributed by atoms with Crippen LogP contribution >= 0.6 is 23.2 Å². The monoisotopic (exact) mass is 165 g/mol. The smallest absolute Gasteiger partial charge is 0.130 e. The van der Waals surface area contributed by atoms with E-state index in [9.17, 15) is 0 Å². The first-order chi connectivity index (χ1) is 2.27. The second kappa shape index (κ2) is 6.12. The molecule has 0 aromatic rings. The Balaban J connectivity index is 0. The minimum Gasteiger partial charge on any atom is -0.394 e. The van der Waals surface area contributed by atoms with Gasteiger partial charge in [-0.15, -0.1) is 23.2 Å². The second-order valence-corrected chi connectivity index (χ2v) is 1.85. The molecule has 1 N–H and O–H groups in total. The zero-order valence-corrected chi connectivity index (χ0v) is 5.84. The van der Waals surface area contributed by atoms with E-state index in [-0.39, 0.29) is 25.2 Å². The molecule has 1 radical (unpaired) electrons. The number of halogens is 2. The van der Waals surface area contributed by atoms with E-state index >= 15 is 0 Å². The number of hydrogen-bond donors (Lipinski definition) is 1. The molecular weight excluding hydrogens is 162 g/mol. The number of hydrogen-bond acceptors (Lipinski definition) is 1. The SMILES string of the molecule is OCC(Cl)Cl.[V]. The molecule has 0 saturated carbocycles. The maximum atomic E-state index is 7.88. The summed E-state index contributed by atoms with van der Waals surface area (Å²) in [7, 11) is 0. The Morgan fingerprint density at radius 2 is 1.67 bits per heavy atom. The van der Waals surface area contributed by atoms with Crippen LogP contribution < -0.4 is 0 Å². The minimum absolute atomic E-state index is 0. The zero-order chi connectivity index (χ0) is 4.28. The fourth-order valence-electron chi connectivity index (χ4n) is 0. The Kier molecular flexibility index (Phi) is 10.4. The number of alkyl halides is 2. The molecular formula is C2H4Cl2OV. The van der Waals surface area contributed by atoms with E-state index in [1.807, 2.05) is 0 Å². The van der Waals surface area contributed by atoms with Crippen LogP contribution in [0.5, 0.6) is 0 Å². The molecule has 0 bridgehead atoms. The van der Waals surface area contributed by atoms with Crippen molar-refractivity contribution in [3.05, 3.63) is 0 Å². The van der Waals surface area contributed by atoms with Crippen LogP contribution in [-0.2, 0) is 18.6 Å². The largest absolute Gasteiger partial charge is 0.394 e. The van der Waals surface area contributed by atoms with Crippen LogP contribution in [0.4, 0.5) is 0 Å². The van der Waals surface area contributed by atoms with Crippen LogP contribution in [0.1, 0.15) is 0 Å². The van der Waals surface area contributed by atoms with Crippen molar-refractivity contribution in [2.24, 2.45) is 0 Å². The van der Waals surface area contributed by atoms with E-state index in [1.165, 1.54) is 0 Å². The van der Waals surface area contributed by atoms with Crippen LogP contribution in [0, 0.1) is 0 Å². The molecule has 0 aromatic heterocycles. The summed E-state index contributed by atoms with van der Waals surface area (Å²) in [5.41, 5.74) is 0. The molecule has 0 saturated heterocycles. The van der Waals surface area contributed by atoms with E-state index in [0.29, 0.717) is 0 Å². The fourth-order valence-corrected chi connectivity index (χ4v) is 0. The van der Waals surface area contributed by atoms with Crippen LogP contribution in [0.15, 0.2) is 0 Å². The average molecular weight is 166 g/mol. The van der Waals surface area contributed by atoms with Crippen molar-refractivity contribution in [1.29, 1.82) is 0 Å². The summed E-state index contributed by atoms with van der Waals surface area (Å²) < 4.78 is 0. The molecule has 0 aliphatic rings. The van der Waals surface area contributed by atoms with Gasteiger partial charge in [0.25, 0.3) is 0 Å². The summed E-state index contributed by atoms with van der Waals surface area (Å²) >= 11 is 9.96. The van der Waals surface area contributed by atoms with Crippen molar-refractivity contribution in [2.45, 2.75) is 4.84 Å². The first-order valence-electron chi connectivity index (χ1n) is 1.16. The summed E-state index contributed by atoms with van der Waals surface area (Å²) in [4.78, 5) is -0.616. The quantitative estimate of drug-likeness (QED) is 0.570. The van der Waals surface area contributed by atoms with Gasteiger partial charge in [-0.25, -0.2) is 0 Å². The second-order valence-electron chi connectivity index (χ2n) is 0.574. The van der Waals surface area contributed by atoms with Gasteiger partial charge in [0.15, 0.2) is 0 Å². The summed E-state index contributed by atoms with van der Waals surface area (Å²) in [6, 6.07) is 0. The predicted molar refractivity (Wildman–Crippen MR) is 22.6 cm³/mol.